The first-order valence-corrected chi connectivity index (χ1v) is 16.5. The van der Waals surface area contributed by atoms with E-state index in [0.29, 0.717) is 0 Å². The van der Waals surface area contributed by atoms with Crippen molar-refractivity contribution in [3.8, 4) is 33.6 Å². The highest BCUT2D eigenvalue weighted by molar-refractivity contribution is 6.24. The number of benzene rings is 8. The van der Waals surface area contributed by atoms with Gasteiger partial charge in [0.15, 0.2) is 0 Å². The van der Waals surface area contributed by atoms with Crippen molar-refractivity contribution < 1.29 is 0 Å². The van der Waals surface area contributed by atoms with Crippen LogP contribution in [0, 0.1) is 0 Å². The van der Waals surface area contributed by atoms with Crippen molar-refractivity contribution in [2.24, 2.45) is 0 Å². The van der Waals surface area contributed by atoms with Crippen LogP contribution in [0.3, 0.4) is 0 Å². The normalized spacial score (nSPS) is 11.8. The third-order valence-electron chi connectivity index (χ3n) is 9.93. The van der Waals surface area contributed by atoms with Gasteiger partial charge in [0.2, 0.25) is 0 Å². The summed E-state index contributed by atoms with van der Waals surface area (Å²) in [5, 5.41) is 7.48. The third-order valence-corrected chi connectivity index (χ3v) is 9.93. The fourth-order valence-electron chi connectivity index (χ4n) is 7.80. The van der Waals surface area contributed by atoms with Gasteiger partial charge in [-0.2, -0.15) is 0 Å². The molecule has 10 rings (SSSR count). The minimum absolute atomic E-state index is 1.15. The first-order chi connectivity index (χ1) is 23.8. The Morgan fingerprint density at radius 2 is 0.750 bits per heavy atom. The van der Waals surface area contributed by atoms with E-state index in [4.69, 9.17) is 0 Å². The van der Waals surface area contributed by atoms with Gasteiger partial charge in [0.05, 0.1) is 27.8 Å². The summed E-state index contributed by atoms with van der Waals surface area (Å²) in [7, 11) is 0. The molecule has 0 unspecified atom stereocenters. The summed E-state index contributed by atoms with van der Waals surface area (Å²) in [5.74, 6) is 0. The molecule has 2 aromatic heterocycles. The summed E-state index contributed by atoms with van der Waals surface area (Å²) in [6, 6.07) is 66.1. The number of nitrogens with zero attached hydrogens (tertiary/aromatic N) is 2. The second kappa shape index (κ2) is 10.6. The van der Waals surface area contributed by atoms with Gasteiger partial charge in [-0.15, -0.1) is 0 Å². The van der Waals surface area contributed by atoms with E-state index in [-0.39, 0.29) is 0 Å². The Morgan fingerprint density at radius 1 is 0.271 bits per heavy atom. The predicted molar refractivity (Wildman–Crippen MR) is 203 cm³/mol. The maximum Gasteiger partial charge on any atom is 0.0789 e. The van der Waals surface area contributed by atoms with Gasteiger partial charge in [-0.1, -0.05) is 152 Å². The second-order valence-electron chi connectivity index (χ2n) is 12.5. The van der Waals surface area contributed by atoms with Crippen molar-refractivity contribution in [1.82, 2.24) is 9.13 Å². The van der Waals surface area contributed by atoms with E-state index in [1.807, 2.05) is 0 Å². The van der Waals surface area contributed by atoms with Crippen LogP contribution in [0.4, 0.5) is 0 Å². The van der Waals surface area contributed by atoms with E-state index in [1.165, 1.54) is 82.3 Å². The summed E-state index contributed by atoms with van der Waals surface area (Å²) in [5.41, 5.74) is 12.1. The number of hydrogen-bond acceptors (Lipinski definition) is 0. The van der Waals surface area contributed by atoms with Gasteiger partial charge in [-0.05, 0) is 58.0 Å². The minimum Gasteiger partial charge on any atom is -0.307 e. The van der Waals surface area contributed by atoms with E-state index in [1.54, 1.807) is 0 Å². The first kappa shape index (κ1) is 26.8. The van der Waals surface area contributed by atoms with Gasteiger partial charge < -0.3 is 9.13 Å². The van der Waals surface area contributed by atoms with Crippen molar-refractivity contribution in [2.75, 3.05) is 0 Å². The molecular weight excluding hydrogens is 581 g/mol. The highest BCUT2D eigenvalue weighted by Gasteiger charge is 2.22. The van der Waals surface area contributed by atoms with Gasteiger partial charge in [0.1, 0.15) is 0 Å². The number of aromatic nitrogens is 2. The summed E-state index contributed by atoms with van der Waals surface area (Å²) in [4.78, 5) is 0. The van der Waals surface area contributed by atoms with Crippen molar-refractivity contribution >= 4 is 54.4 Å². The van der Waals surface area contributed by atoms with Crippen LogP contribution < -0.4 is 0 Å². The van der Waals surface area contributed by atoms with Crippen LogP contribution in [0.1, 0.15) is 0 Å². The van der Waals surface area contributed by atoms with Crippen LogP contribution in [0.2, 0.25) is 0 Å². The summed E-state index contributed by atoms with van der Waals surface area (Å²) < 4.78 is 4.98. The molecule has 0 aliphatic heterocycles. The number of fused-ring (bicyclic) bond motifs is 8. The van der Waals surface area contributed by atoms with Crippen LogP contribution in [0.15, 0.2) is 182 Å². The summed E-state index contributed by atoms with van der Waals surface area (Å²) >= 11 is 0. The van der Waals surface area contributed by atoms with Crippen LogP contribution in [0.25, 0.3) is 88.0 Å². The van der Waals surface area contributed by atoms with Gasteiger partial charge in [-0.25, -0.2) is 0 Å². The predicted octanol–water partition coefficient (Wildman–Crippen LogP) is 12.4. The molecule has 0 saturated carbocycles. The summed E-state index contributed by atoms with van der Waals surface area (Å²) in [6.45, 7) is 0. The molecule has 0 N–H and O–H groups in total. The molecular formula is C46H30N2. The van der Waals surface area contributed by atoms with Crippen LogP contribution in [-0.2, 0) is 0 Å². The molecule has 2 heteroatoms. The number of para-hydroxylation sites is 2. The van der Waals surface area contributed by atoms with E-state index in [9.17, 15) is 0 Å². The molecule has 48 heavy (non-hydrogen) atoms. The lowest BCUT2D eigenvalue weighted by molar-refractivity contribution is 1.16. The Bertz CT molecular complexity index is 2800. The average Bonchev–Trinajstić information content (AvgIpc) is 3.68. The largest absolute Gasteiger partial charge is 0.307 e. The zero-order chi connectivity index (χ0) is 31.6. The molecule has 0 bridgehead atoms. The van der Waals surface area contributed by atoms with E-state index >= 15 is 0 Å². The quantitative estimate of drug-likeness (QED) is 0.188. The molecule has 2 nitrogen and oxygen atoms in total. The zero-order valence-electron chi connectivity index (χ0n) is 26.2. The molecule has 0 spiro atoms. The average molecular weight is 611 g/mol. The Kier molecular flexibility index (Phi) is 5.91. The molecule has 0 fully saturated rings. The Morgan fingerprint density at radius 3 is 1.40 bits per heavy atom. The topological polar surface area (TPSA) is 9.86 Å². The maximum atomic E-state index is 2.51. The fourth-order valence-corrected chi connectivity index (χ4v) is 7.80. The molecule has 0 atom stereocenters. The van der Waals surface area contributed by atoms with E-state index in [2.05, 4.69) is 191 Å². The molecule has 0 amide bonds. The highest BCUT2D eigenvalue weighted by atomic mass is 15.0. The lowest BCUT2D eigenvalue weighted by atomic mass is 9.97. The van der Waals surface area contributed by atoms with Crippen molar-refractivity contribution in [2.45, 2.75) is 0 Å². The highest BCUT2D eigenvalue weighted by Crippen LogP contribution is 2.43. The minimum atomic E-state index is 1.15. The fraction of sp³-hybridized carbons (Fsp3) is 0. The molecule has 0 radical (unpaired) electrons. The summed E-state index contributed by atoms with van der Waals surface area (Å²) in [6.07, 6.45) is 0. The van der Waals surface area contributed by atoms with E-state index < -0.39 is 0 Å². The third kappa shape index (κ3) is 3.93. The molecule has 0 saturated heterocycles. The monoisotopic (exact) mass is 610 g/mol. The van der Waals surface area contributed by atoms with Crippen molar-refractivity contribution in [1.29, 1.82) is 0 Å². The first-order valence-electron chi connectivity index (χ1n) is 16.5. The van der Waals surface area contributed by atoms with Crippen molar-refractivity contribution in [3.05, 3.63) is 182 Å². The Balaban J connectivity index is 1.33. The van der Waals surface area contributed by atoms with Gasteiger partial charge in [0.25, 0.3) is 0 Å². The van der Waals surface area contributed by atoms with Gasteiger partial charge >= 0.3 is 0 Å². The standard InChI is InChI=1S/C46H30N2/c1-3-13-31(14-4-1)32-23-25-34(26-24-32)47-42-21-11-9-19-38(42)40-27-28-41-39-20-10-12-22-43(39)48(46(41)45(40)47)44-30-29-35(33-15-5-2-6-16-33)36-17-7-8-18-37(36)44/h1-30H. The van der Waals surface area contributed by atoms with Crippen molar-refractivity contribution in [3.63, 3.8) is 0 Å². The van der Waals surface area contributed by atoms with Crippen LogP contribution in [-0.4, -0.2) is 9.13 Å². The molecule has 0 aliphatic rings. The molecule has 8 aromatic carbocycles. The van der Waals surface area contributed by atoms with Gasteiger partial charge in [0, 0.05) is 32.6 Å². The smallest absolute Gasteiger partial charge is 0.0789 e. The van der Waals surface area contributed by atoms with E-state index in [0.717, 1.165) is 5.69 Å². The molecule has 224 valence electrons. The molecule has 10 aromatic rings. The SMILES string of the molecule is c1ccc(-c2ccc(-n3c4ccccc4c4ccc5c6ccccc6n(-c6ccc(-c7ccccc7)c7ccccc67)c5c43)cc2)cc1. The Hall–Kier alpha value is -6.38. The Labute approximate surface area is 278 Å². The lowest BCUT2D eigenvalue weighted by Crippen LogP contribution is -2.00. The lowest BCUT2D eigenvalue weighted by Gasteiger charge is -2.16. The zero-order valence-corrected chi connectivity index (χ0v) is 26.2. The second-order valence-corrected chi connectivity index (χ2v) is 12.5. The maximum absolute atomic E-state index is 2.51. The van der Waals surface area contributed by atoms with Crippen LogP contribution in [0.5, 0.6) is 0 Å². The molecule has 0 aliphatic carbocycles. The number of hydrogen-bond donors (Lipinski definition) is 0. The van der Waals surface area contributed by atoms with Gasteiger partial charge in [-0.3, -0.25) is 0 Å². The number of rotatable bonds is 4. The van der Waals surface area contributed by atoms with Crippen LogP contribution >= 0.6 is 0 Å². The molecule has 2 heterocycles.